The van der Waals surface area contributed by atoms with E-state index in [2.05, 4.69) is 5.32 Å². The summed E-state index contributed by atoms with van der Waals surface area (Å²) in [5.41, 5.74) is 2.08. The first kappa shape index (κ1) is 14.1. The van der Waals surface area contributed by atoms with Gasteiger partial charge < -0.3 is 15.2 Å². The van der Waals surface area contributed by atoms with Crippen molar-refractivity contribution in [3.63, 3.8) is 0 Å². The molecule has 3 atom stereocenters. The molecule has 3 rings (SSSR count). The normalized spacial score (nSPS) is 27.9. The van der Waals surface area contributed by atoms with E-state index >= 15 is 0 Å². The van der Waals surface area contributed by atoms with Gasteiger partial charge >= 0.3 is 5.97 Å². The molecule has 1 heterocycles. The molecule has 1 amide bonds. The number of carbonyl (C=O) groups excluding carboxylic acids is 1. The lowest BCUT2D eigenvalue weighted by Crippen LogP contribution is -2.39. The van der Waals surface area contributed by atoms with Crippen LogP contribution < -0.4 is 5.32 Å². The van der Waals surface area contributed by atoms with Crippen molar-refractivity contribution in [1.82, 2.24) is 5.32 Å². The maximum atomic E-state index is 12.4. The van der Waals surface area contributed by atoms with Crippen LogP contribution in [0.3, 0.4) is 0 Å². The number of aliphatic carboxylic acids is 1. The topological polar surface area (TPSA) is 75.6 Å². The van der Waals surface area contributed by atoms with Crippen LogP contribution >= 0.6 is 0 Å². The van der Waals surface area contributed by atoms with Crippen molar-refractivity contribution in [1.29, 1.82) is 0 Å². The van der Waals surface area contributed by atoms with Crippen LogP contribution in [0.25, 0.3) is 0 Å². The minimum atomic E-state index is -0.772. The molecule has 5 heteroatoms. The van der Waals surface area contributed by atoms with Crippen LogP contribution in [0.2, 0.25) is 0 Å². The Morgan fingerprint density at radius 2 is 2.05 bits per heavy atom. The fourth-order valence-corrected chi connectivity index (χ4v) is 3.22. The molecule has 21 heavy (non-hydrogen) atoms. The number of carboxylic acid groups (broad SMARTS) is 1. The predicted octanol–water partition coefficient (Wildman–Crippen LogP) is 1.67. The smallest absolute Gasteiger partial charge is 0.306 e. The lowest BCUT2D eigenvalue weighted by molar-refractivity contribution is -0.142. The molecule has 112 valence electrons. The highest BCUT2D eigenvalue weighted by molar-refractivity contribution is 5.83. The monoisotopic (exact) mass is 289 g/mol. The van der Waals surface area contributed by atoms with Gasteiger partial charge in [0, 0.05) is 6.04 Å². The summed E-state index contributed by atoms with van der Waals surface area (Å²) in [4.78, 5) is 23.4. The lowest BCUT2D eigenvalue weighted by Gasteiger charge is -2.26. The van der Waals surface area contributed by atoms with E-state index in [1.807, 2.05) is 24.3 Å². The molecule has 1 aromatic rings. The van der Waals surface area contributed by atoms with Crippen LogP contribution in [-0.2, 0) is 20.7 Å². The molecule has 1 unspecified atom stereocenters. The van der Waals surface area contributed by atoms with Gasteiger partial charge in [0.05, 0.1) is 12.5 Å². The van der Waals surface area contributed by atoms with Crippen molar-refractivity contribution in [3.05, 3.63) is 35.4 Å². The van der Waals surface area contributed by atoms with Gasteiger partial charge in [-0.2, -0.15) is 0 Å². The molecule has 2 N–H and O–H groups in total. The van der Waals surface area contributed by atoms with Crippen molar-refractivity contribution in [2.75, 3.05) is 6.61 Å². The van der Waals surface area contributed by atoms with Gasteiger partial charge in [-0.25, -0.2) is 0 Å². The van der Waals surface area contributed by atoms with Crippen LogP contribution in [0.15, 0.2) is 24.3 Å². The van der Waals surface area contributed by atoms with E-state index in [1.165, 1.54) is 0 Å². The van der Waals surface area contributed by atoms with Gasteiger partial charge in [0.2, 0.25) is 0 Å². The van der Waals surface area contributed by atoms with Crippen LogP contribution in [0, 0.1) is 5.92 Å². The van der Waals surface area contributed by atoms with E-state index in [0.29, 0.717) is 19.4 Å². The highest BCUT2D eigenvalue weighted by Crippen LogP contribution is 2.29. The molecule has 0 radical (unpaired) electrons. The first-order valence-electron chi connectivity index (χ1n) is 7.37. The third kappa shape index (κ3) is 2.93. The van der Waals surface area contributed by atoms with E-state index in [1.54, 1.807) is 0 Å². The van der Waals surface area contributed by atoms with Crippen LogP contribution in [0.1, 0.15) is 36.5 Å². The van der Waals surface area contributed by atoms with Crippen LogP contribution in [0.4, 0.5) is 0 Å². The van der Waals surface area contributed by atoms with E-state index in [9.17, 15) is 9.59 Å². The van der Waals surface area contributed by atoms with E-state index in [0.717, 1.165) is 24.0 Å². The van der Waals surface area contributed by atoms with Crippen molar-refractivity contribution >= 4 is 11.9 Å². The quantitative estimate of drug-likeness (QED) is 0.887. The Balaban J connectivity index is 1.66. The van der Waals surface area contributed by atoms with Gasteiger partial charge in [-0.05, 0) is 36.8 Å². The van der Waals surface area contributed by atoms with Gasteiger partial charge in [-0.1, -0.05) is 24.3 Å². The summed E-state index contributed by atoms with van der Waals surface area (Å²) in [5, 5.41) is 12.0. The van der Waals surface area contributed by atoms with Gasteiger partial charge in [0.25, 0.3) is 5.91 Å². The number of carboxylic acids is 1. The highest BCUT2D eigenvalue weighted by Gasteiger charge is 2.33. The third-order valence-corrected chi connectivity index (χ3v) is 4.36. The number of hydrogen-bond acceptors (Lipinski definition) is 3. The molecule has 0 bridgehead atoms. The maximum Gasteiger partial charge on any atom is 0.306 e. The summed E-state index contributed by atoms with van der Waals surface area (Å²) < 4.78 is 5.62. The van der Waals surface area contributed by atoms with E-state index in [-0.39, 0.29) is 17.9 Å². The molecule has 1 saturated carbocycles. The number of benzene rings is 1. The summed E-state index contributed by atoms with van der Waals surface area (Å²) in [6.07, 6.45) is 2.11. The third-order valence-electron chi connectivity index (χ3n) is 4.36. The van der Waals surface area contributed by atoms with E-state index in [4.69, 9.17) is 9.84 Å². The Morgan fingerprint density at radius 1 is 1.24 bits per heavy atom. The second-order valence-electron chi connectivity index (χ2n) is 5.75. The van der Waals surface area contributed by atoms with Crippen molar-refractivity contribution < 1.29 is 19.4 Å². The number of fused-ring (bicyclic) bond motifs is 1. The lowest BCUT2D eigenvalue weighted by atomic mass is 9.97. The zero-order valence-electron chi connectivity index (χ0n) is 11.7. The SMILES string of the molecule is O=C(N[C@H]1CC[C@@H](C(=O)O)C1)C1OCCc2ccccc21. The molecule has 1 aliphatic carbocycles. The molecule has 0 aromatic heterocycles. The Bertz CT molecular complexity index is 557. The van der Waals surface area contributed by atoms with Gasteiger partial charge in [-0.3, -0.25) is 9.59 Å². The molecule has 1 aromatic carbocycles. The molecule has 2 aliphatic rings. The first-order chi connectivity index (χ1) is 10.1. The Morgan fingerprint density at radius 3 is 2.81 bits per heavy atom. The molecule has 5 nitrogen and oxygen atoms in total. The van der Waals surface area contributed by atoms with Gasteiger partial charge in [0.15, 0.2) is 6.10 Å². The van der Waals surface area contributed by atoms with Gasteiger partial charge in [0.1, 0.15) is 0 Å². The van der Waals surface area contributed by atoms with Crippen LogP contribution in [-0.4, -0.2) is 29.6 Å². The second kappa shape index (κ2) is 5.85. The fourth-order valence-electron chi connectivity index (χ4n) is 3.22. The first-order valence-corrected chi connectivity index (χ1v) is 7.37. The average molecular weight is 289 g/mol. The minimum Gasteiger partial charge on any atom is -0.481 e. The van der Waals surface area contributed by atoms with Crippen molar-refractivity contribution in [2.24, 2.45) is 5.92 Å². The number of amides is 1. The molecule has 0 saturated heterocycles. The fraction of sp³-hybridized carbons (Fsp3) is 0.500. The molecular formula is C16H19NO4. The second-order valence-corrected chi connectivity index (χ2v) is 5.75. The summed E-state index contributed by atoms with van der Waals surface area (Å²) in [6, 6.07) is 7.76. The Kier molecular flexibility index (Phi) is 3.92. The minimum absolute atomic E-state index is 0.0590. The largest absolute Gasteiger partial charge is 0.481 e. The van der Waals surface area contributed by atoms with Crippen LogP contribution in [0.5, 0.6) is 0 Å². The predicted molar refractivity (Wildman–Crippen MR) is 75.7 cm³/mol. The Labute approximate surface area is 123 Å². The molecular weight excluding hydrogens is 270 g/mol. The zero-order chi connectivity index (χ0) is 14.8. The number of nitrogens with one attached hydrogen (secondary N) is 1. The molecule has 0 spiro atoms. The average Bonchev–Trinajstić information content (AvgIpc) is 2.95. The molecule has 1 fully saturated rings. The number of ether oxygens (including phenoxy) is 1. The van der Waals surface area contributed by atoms with Crippen molar-refractivity contribution in [3.8, 4) is 0 Å². The standard InChI is InChI=1S/C16H19NO4/c18-15(17-12-6-5-11(9-12)16(19)20)14-13-4-2-1-3-10(13)7-8-21-14/h1-4,11-12,14H,5-9H2,(H,17,18)(H,19,20)/t11-,12+,14?/m1/s1. The summed E-state index contributed by atoms with van der Waals surface area (Å²) in [7, 11) is 0. The maximum absolute atomic E-state index is 12.4. The molecule has 1 aliphatic heterocycles. The van der Waals surface area contributed by atoms with Gasteiger partial charge in [-0.15, -0.1) is 0 Å². The highest BCUT2D eigenvalue weighted by atomic mass is 16.5. The van der Waals surface area contributed by atoms with E-state index < -0.39 is 12.1 Å². The zero-order valence-corrected chi connectivity index (χ0v) is 11.7. The number of rotatable bonds is 3. The number of carbonyl (C=O) groups is 2. The summed E-state index contributed by atoms with van der Waals surface area (Å²) >= 11 is 0. The summed E-state index contributed by atoms with van der Waals surface area (Å²) in [6.45, 7) is 0.539. The summed E-state index contributed by atoms with van der Waals surface area (Å²) in [5.74, 6) is -1.26. The number of hydrogen-bond donors (Lipinski definition) is 2. The van der Waals surface area contributed by atoms with Crippen molar-refractivity contribution in [2.45, 2.75) is 37.8 Å². The Hall–Kier alpha value is -1.88.